The standard InChI is InChI=1S/C35H46N8O4/c1-24-20-25(21-30-32(24)38-23-37-30)22-31(33(44)41-18-16-40(17-19-41)27-6-11-36-12-7-27)47-35(46)42-13-9-28(10-14-42)43-15-8-26-4-2-3-5-29(26)39-34(43)45/h2-5,20-21,23,27-28,31,36H,6-19,22H2,1H3,(H,37,38)(H,39,45). The number of amides is 4. The van der Waals surface area contributed by atoms with Crippen molar-refractivity contribution < 1.29 is 19.1 Å². The summed E-state index contributed by atoms with van der Waals surface area (Å²) in [6.45, 7) is 8.58. The number of imidazole rings is 1. The fourth-order valence-corrected chi connectivity index (χ4v) is 7.79. The monoisotopic (exact) mass is 642 g/mol. The number of nitrogens with zero attached hydrogens (tertiary/aromatic N) is 5. The van der Waals surface area contributed by atoms with E-state index in [2.05, 4.69) is 31.6 Å². The van der Waals surface area contributed by atoms with Crippen molar-refractivity contribution in [1.29, 1.82) is 0 Å². The number of para-hydroxylation sites is 1. The Morgan fingerprint density at radius 1 is 0.936 bits per heavy atom. The van der Waals surface area contributed by atoms with Gasteiger partial charge >= 0.3 is 12.1 Å². The first-order valence-corrected chi connectivity index (χ1v) is 17.2. The highest BCUT2D eigenvalue weighted by Gasteiger charge is 2.36. The number of hydrogen-bond donors (Lipinski definition) is 3. The lowest BCUT2D eigenvalue weighted by molar-refractivity contribution is -0.143. The van der Waals surface area contributed by atoms with Crippen molar-refractivity contribution in [3.05, 3.63) is 59.4 Å². The summed E-state index contributed by atoms with van der Waals surface area (Å²) in [6.07, 6.45) is 4.92. The molecule has 4 aliphatic heterocycles. The van der Waals surface area contributed by atoms with Crippen molar-refractivity contribution in [2.75, 3.05) is 64.2 Å². The predicted molar refractivity (Wildman–Crippen MR) is 179 cm³/mol. The molecule has 3 saturated heterocycles. The van der Waals surface area contributed by atoms with Crippen LogP contribution < -0.4 is 10.6 Å². The van der Waals surface area contributed by atoms with E-state index in [0.29, 0.717) is 51.6 Å². The molecule has 1 aromatic heterocycles. The van der Waals surface area contributed by atoms with Gasteiger partial charge in [0.15, 0.2) is 6.10 Å². The van der Waals surface area contributed by atoms with Gasteiger partial charge in [-0.3, -0.25) is 9.69 Å². The number of likely N-dealkylation sites (tertiary alicyclic amines) is 1. The molecule has 12 nitrogen and oxygen atoms in total. The van der Waals surface area contributed by atoms with Gasteiger partial charge in [-0.25, -0.2) is 14.6 Å². The quantitative estimate of drug-likeness (QED) is 0.377. The molecule has 12 heteroatoms. The zero-order valence-corrected chi connectivity index (χ0v) is 27.2. The Labute approximate surface area is 275 Å². The maximum atomic E-state index is 14.1. The number of carbonyl (C=O) groups excluding carboxylic acids is 3. The number of fused-ring (bicyclic) bond motifs is 2. The molecule has 0 saturated carbocycles. The Kier molecular flexibility index (Phi) is 9.30. The van der Waals surface area contributed by atoms with Gasteiger partial charge in [-0.05, 0) is 80.9 Å². The molecule has 2 aromatic carbocycles. The van der Waals surface area contributed by atoms with E-state index in [1.54, 1.807) is 11.2 Å². The first-order chi connectivity index (χ1) is 22.9. The molecule has 7 rings (SSSR count). The minimum atomic E-state index is -0.934. The van der Waals surface area contributed by atoms with Crippen LogP contribution in [-0.4, -0.2) is 125 Å². The molecule has 250 valence electrons. The number of carbonyl (C=O) groups is 3. The van der Waals surface area contributed by atoms with E-state index in [1.807, 2.05) is 47.1 Å². The second-order valence-corrected chi connectivity index (χ2v) is 13.4. The van der Waals surface area contributed by atoms with Crippen LogP contribution in [0, 0.1) is 6.92 Å². The molecule has 3 N–H and O–H groups in total. The van der Waals surface area contributed by atoms with E-state index >= 15 is 0 Å². The van der Waals surface area contributed by atoms with E-state index in [-0.39, 0.29) is 24.4 Å². The molecule has 5 heterocycles. The summed E-state index contributed by atoms with van der Waals surface area (Å²) in [7, 11) is 0. The van der Waals surface area contributed by atoms with Gasteiger partial charge in [-0.1, -0.05) is 24.3 Å². The summed E-state index contributed by atoms with van der Waals surface area (Å²) in [4.78, 5) is 56.4. The van der Waals surface area contributed by atoms with E-state index in [1.165, 1.54) is 0 Å². The number of urea groups is 1. The number of ether oxygens (including phenoxy) is 1. The average molecular weight is 643 g/mol. The van der Waals surface area contributed by atoms with Crippen molar-refractivity contribution in [3.8, 4) is 0 Å². The molecule has 0 spiro atoms. The molecular formula is C35H46N8O4. The molecule has 0 aliphatic carbocycles. The topological polar surface area (TPSA) is 126 Å². The van der Waals surface area contributed by atoms with Gasteiger partial charge < -0.3 is 35.1 Å². The maximum Gasteiger partial charge on any atom is 0.410 e. The Bertz CT molecular complexity index is 1590. The van der Waals surface area contributed by atoms with E-state index < -0.39 is 12.2 Å². The molecule has 47 heavy (non-hydrogen) atoms. The van der Waals surface area contributed by atoms with Gasteiger partial charge in [0.2, 0.25) is 0 Å². The van der Waals surface area contributed by atoms with Crippen LogP contribution in [0.1, 0.15) is 42.4 Å². The number of anilines is 1. The maximum absolute atomic E-state index is 14.1. The Balaban J connectivity index is 1.00. The lowest BCUT2D eigenvalue weighted by atomic mass is 10.0. The molecule has 0 bridgehead atoms. The molecule has 4 aliphatic rings. The fraction of sp³-hybridized carbons (Fsp3) is 0.543. The molecule has 0 radical (unpaired) electrons. The summed E-state index contributed by atoms with van der Waals surface area (Å²) >= 11 is 0. The van der Waals surface area contributed by atoms with Crippen LogP contribution in [-0.2, 0) is 22.4 Å². The van der Waals surface area contributed by atoms with E-state index in [0.717, 1.165) is 78.9 Å². The number of nitrogens with one attached hydrogen (secondary N) is 3. The second-order valence-electron chi connectivity index (χ2n) is 13.4. The largest absolute Gasteiger partial charge is 0.436 e. The van der Waals surface area contributed by atoms with Crippen LogP contribution in [0.15, 0.2) is 42.7 Å². The van der Waals surface area contributed by atoms with Crippen molar-refractivity contribution in [2.24, 2.45) is 0 Å². The molecule has 3 fully saturated rings. The number of aromatic nitrogens is 2. The number of hydrogen-bond acceptors (Lipinski definition) is 7. The lowest BCUT2D eigenvalue weighted by Gasteiger charge is -2.41. The first kappa shape index (κ1) is 31.4. The summed E-state index contributed by atoms with van der Waals surface area (Å²) in [5, 5.41) is 6.49. The van der Waals surface area contributed by atoms with Gasteiger partial charge in [-0.2, -0.15) is 0 Å². The number of aromatic amines is 1. The highest BCUT2D eigenvalue weighted by Crippen LogP contribution is 2.26. The third-order valence-corrected chi connectivity index (χ3v) is 10.5. The van der Waals surface area contributed by atoms with E-state index in [4.69, 9.17) is 4.74 Å². The van der Waals surface area contributed by atoms with Crippen molar-refractivity contribution in [1.82, 2.24) is 34.9 Å². The number of piperidine rings is 2. The van der Waals surface area contributed by atoms with Crippen LogP contribution >= 0.6 is 0 Å². The molecule has 1 unspecified atom stereocenters. The number of H-pyrrole nitrogens is 1. The smallest absolute Gasteiger partial charge is 0.410 e. The minimum absolute atomic E-state index is 0.0329. The third kappa shape index (κ3) is 6.94. The van der Waals surface area contributed by atoms with Gasteiger partial charge in [0.1, 0.15) is 0 Å². The minimum Gasteiger partial charge on any atom is -0.436 e. The zero-order valence-electron chi connectivity index (χ0n) is 27.2. The van der Waals surface area contributed by atoms with Gasteiger partial charge in [0.25, 0.3) is 5.91 Å². The summed E-state index contributed by atoms with van der Waals surface area (Å²) < 4.78 is 6.10. The molecule has 1 atom stereocenters. The van der Waals surface area contributed by atoms with Crippen LogP contribution in [0.25, 0.3) is 11.0 Å². The highest BCUT2D eigenvalue weighted by atomic mass is 16.6. The second kappa shape index (κ2) is 13.9. The number of aryl methyl sites for hydroxylation is 1. The molecule has 4 amide bonds. The summed E-state index contributed by atoms with van der Waals surface area (Å²) in [5.74, 6) is -0.140. The van der Waals surface area contributed by atoms with Crippen LogP contribution in [0.4, 0.5) is 15.3 Å². The van der Waals surface area contributed by atoms with Gasteiger partial charge in [-0.15, -0.1) is 0 Å². The zero-order chi connectivity index (χ0) is 32.3. The number of benzene rings is 2. The Morgan fingerprint density at radius 2 is 1.70 bits per heavy atom. The van der Waals surface area contributed by atoms with Crippen LogP contribution in [0.5, 0.6) is 0 Å². The van der Waals surface area contributed by atoms with E-state index in [9.17, 15) is 14.4 Å². The highest BCUT2D eigenvalue weighted by molar-refractivity contribution is 5.91. The van der Waals surface area contributed by atoms with Crippen molar-refractivity contribution in [3.63, 3.8) is 0 Å². The average Bonchev–Trinajstić information content (AvgIpc) is 3.52. The molecular weight excluding hydrogens is 596 g/mol. The summed E-state index contributed by atoms with van der Waals surface area (Å²) in [5.41, 5.74) is 5.74. The number of rotatable bonds is 6. The van der Waals surface area contributed by atoms with Crippen LogP contribution in [0.2, 0.25) is 0 Å². The Hall–Kier alpha value is -4.16. The fourth-order valence-electron chi connectivity index (χ4n) is 7.79. The summed E-state index contributed by atoms with van der Waals surface area (Å²) in [6, 6.07) is 12.4. The Morgan fingerprint density at radius 3 is 2.49 bits per heavy atom. The lowest BCUT2D eigenvalue weighted by Crippen LogP contribution is -2.56. The SMILES string of the molecule is Cc1cc(CC(OC(=O)N2CCC(N3CCc4ccccc4NC3=O)CC2)C(=O)N2CCN(C3CCNCC3)CC2)cc2nc[nH]c12. The van der Waals surface area contributed by atoms with Gasteiger partial charge in [0, 0.05) is 70.0 Å². The van der Waals surface area contributed by atoms with Crippen molar-refractivity contribution in [2.45, 2.75) is 63.6 Å². The van der Waals surface area contributed by atoms with Crippen LogP contribution in [0.3, 0.4) is 0 Å². The van der Waals surface area contributed by atoms with Gasteiger partial charge in [0.05, 0.1) is 17.4 Å². The third-order valence-electron chi connectivity index (χ3n) is 10.5. The predicted octanol–water partition coefficient (Wildman–Crippen LogP) is 3.37. The number of piperazine rings is 1. The van der Waals surface area contributed by atoms with Crippen molar-refractivity contribution >= 4 is 34.8 Å². The normalized spacial score (nSPS) is 20.9. The molecule has 3 aromatic rings. The first-order valence-electron chi connectivity index (χ1n) is 17.2.